The predicted octanol–water partition coefficient (Wildman–Crippen LogP) is -0.426. The summed E-state index contributed by atoms with van der Waals surface area (Å²) in [5.74, 6) is -0.954. The summed E-state index contributed by atoms with van der Waals surface area (Å²) in [6, 6.07) is -1.06. The first kappa shape index (κ1) is 11.0. The molecule has 3 N–H and O–H groups in total. The fourth-order valence-electron chi connectivity index (χ4n) is 1.55. The Morgan fingerprint density at radius 3 is 2.64 bits per heavy atom. The molecule has 1 amide bonds. The van der Waals surface area contributed by atoms with Crippen molar-refractivity contribution in [1.29, 1.82) is 0 Å². The van der Waals surface area contributed by atoms with Crippen LogP contribution in [0.2, 0.25) is 0 Å². The van der Waals surface area contributed by atoms with Gasteiger partial charge >= 0.3 is 5.97 Å². The van der Waals surface area contributed by atoms with E-state index in [1.807, 2.05) is 6.92 Å². The molecule has 80 valence electrons. The van der Waals surface area contributed by atoms with Gasteiger partial charge in [0.1, 0.15) is 6.04 Å². The first-order valence-electron chi connectivity index (χ1n) is 4.79. The van der Waals surface area contributed by atoms with Crippen LogP contribution in [0.1, 0.15) is 20.3 Å². The SMILES string of the molecule is CC(NC(=O)C1NCCC1C)C(=O)O. The van der Waals surface area contributed by atoms with E-state index in [0.717, 1.165) is 13.0 Å². The van der Waals surface area contributed by atoms with Crippen LogP contribution in [0.4, 0.5) is 0 Å². The molecule has 0 radical (unpaired) electrons. The molecule has 0 bridgehead atoms. The quantitative estimate of drug-likeness (QED) is 0.578. The maximum absolute atomic E-state index is 11.5. The Bertz CT molecular complexity index is 242. The summed E-state index contributed by atoms with van der Waals surface area (Å²) in [5, 5.41) is 14.1. The molecule has 0 spiro atoms. The van der Waals surface area contributed by atoms with Crippen molar-refractivity contribution in [2.75, 3.05) is 6.54 Å². The van der Waals surface area contributed by atoms with Crippen molar-refractivity contribution in [2.45, 2.75) is 32.4 Å². The second kappa shape index (κ2) is 4.41. The van der Waals surface area contributed by atoms with Gasteiger partial charge in [0.2, 0.25) is 5.91 Å². The number of aliphatic carboxylic acids is 1. The number of carboxylic acid groups (broad SMARTS) is 1. The van der Waals surface area contributed by atoms with Crippen molar-refractivity contribution in [3.05, 3.63) is 0 Å². The van der Waals surface area contributed by atoms with Crippen molar-refractivity contribution in [1.82, 2.24) is 10.6 Å². The van der Waals surface area contributed by atoms with Crippen LogP contribution in [0, 0.1) is 5.92 Å². The lowest BCUT2D eigenvalue weighted by molar-refractivity contribution is -0.141. The normalized spacial score (nSPS) is 28.4. The van der Waals surface area contributed by atoms with Gasteiger partial charge in [-0.15, -0.1) is 0 Å². The highest BCUT2D eigenvalue weighted by molar-refractivity contribution is 5.87. The predicted molar refractivity (Wildman–Crippen MR) is 50.8 cm³/mol. The van der Waals surface area contributed by atoms with E-state index in [4.69, 9.17) is 5.11 Å². The van der Waals surface area contributed by atoms with Gasteiger partial charge in [-0.05, 0) is 25.8 Å². The summed E-state index contributed by atoms with van der Waals surface area (Å²) in [6.45, 7) is 4.26. The van der Waals surface area contributed by atoms with Crippen LogP contribution in [-0.4, -0.2) is 35.6 Å². The third-order valence-electron chi connectivity index (χ3n) is 2.54. The number of carbonyl (C=O) groups is 2. The highest BCUT2D eigenvalue weighted by atomic mass is 16.4. The first-order valence-corrected chi connectivity index (χ1v) is 4.79. The van der Waals surface area contributed by atoms with Crippen LogP contribution in [-0.2, 0) is 9.59 Å². The third kappa shape index (κ3) is 2.45. The second-order valence-electron chi connectivity index (χ2n) is 3.77. The zero-order valence-electron chi connectivity index (χ0n) is 8.41. The summed E-state index contributed by atoms with van der Waals surface area (Å²) >= 11 is 0. The lowest BCUT2D eigenvalue weighted by Crippen LogP contribution is -2.48. The second-order valence-corrected chi connectivity index (χ2v) is 3.77. The van der Waals surface area contributed by atoms with E-state index >= 15 is 0 Å². The van der Waals surface area contributed by atoms with E-state index in [2.05, 4.69) is 10.6 Å². The topological polar surface area (TPSA) is 78.4 Å². The summed E-state index contributed by atoms with van der Waals surface area (Å²) in [5.41, 5.74) is 0. The molecule has 3 atom stereocenters. The Kier molecular flexibility index (Phi) is 3.46. The molecular weight excluding hydrogens is 184 g/mol. The van der Waals surface area contributed by atoms with E-state index in [9.17, 15) is 9.59 Å². The number of nitrogens with one attached hydrogen (secondary N) is 2. The minimum atomic E-state index is -1.01. The average Bonchev–Trinajstić information content (AvgIpc) is 2.51. The molecule has 1 heterocycles. The van der Waals surface area contributed by atoms with Gasteiger partial charge in [-0.25, -0.2) is 0 Å². The van der Waals surface area contributed by atoms with Crippen LogP contribution >= 0.6 is 0 Å². The van der Waals surface area contributed by atoms with Gasteiger partial charge in [0.15, 0.2) is 0 Å². The van der Waals surface area contributed by atoms with E-state index in [1.165, 1.54) is 6.92 Å². The van der Waals surface area contributed by atoms with Gasteiger partial charge in [-0.1, -0.05) is 6.92 Å². The standard InChI is InChI=1S/C9H16N2O3/c1-5-3-4-10-7(5)8(12)11-6(2)9(13)14/h5-7,10H,3-4H2,1-2H3,(H,11,12)(H,13,14). The minimum Gasteiger partial charge on any atom is -0.480 e. The van der Waals surface area contributed by atoms with Crippen molar-refractivity contribution in [3.63, 3.8) is 0 Å². The molecule has 0 saturated carbocycles. The molecule has 0 aliphatic carbocycles. The molecular formula is C9H16N2O3. The Hall–Kier alpha value is -1.10. The number of carbonyl (C=O) groups excluding carboxylic acids is 1. The van der Waals surface area contributed by atoms with Gasteiger partial charge < -0.3 is 15.7 Å². The van der Waals surface area contributed by atoms with Crippen LogP contribution in [0.3, 0.4) is 0 Å². The molecule has 0 aromatic carbocycles. The van der Waals surface area contributed by atoms with E-state index in [-0.39, 0.29) is 17.9 Å². The third-order valence-corrected chi connectivity index (χ3v) is 2.54. The van der Waals surface area contributed by atoms with Gasteiger partial charge in [-0.2, -0.15) is 0 Å². The first-order chi connectivity index (χ1) is 6.52. The van der Waals surface area contributed by atoms with Gasteiger partial charge in [-0.3, -0.25) is 9.59 Å². The largest absolute Gasteiger partial charge is 0.480 e. The lowest BCUT2D eigenvalue weighted by Gasteiger charge is -2.17. The molecule has 5 nitrogen and oxygen atoms in total. The highest BCUT2D eigenvalue weighted by Gasteiger charge is 2.30. The van der Waals surface area contributed by atoms with Crippen molar-refractivity contribution < 1.29 is 14.7 Å². The van der Waals surface area contributed by atoms with Gasteiger partial charge in [0.05, 0.1) is 6.04 Å². The van der Waals surface area contributed by atoms with E-state index in [0.29, 0.717) is 0 Å². The maximum atomic E-state index is 11.5. The van der Waals surface area contributed by atoms with Crippen LogP contribution < -0.4 is 10.6 Å². The Balaban J connectivity index is 2.45. The smallest absolute Gasteiger partial charge is 0.325 e. The minimum absolute atomic E-state index is 0.218. The molecule has 1 fully saturated rings. The summed E-state index contributed by atoms with van der Waals surface area (Å²) in [6.07, 6.45) is 0.958. The molecule has 0 aromatic heterocycles. The number of hydrogen-bond acceptors (Lipinski definition) is 3. The van der Waals surface area contributed by atoms with Crippen molar-refractivity contribution in [2.24, 2.45) is 5.92 Å². The van der Waals surface area contributed by atoms with Crippen molar-refractivity contribution >= 4 is 11.9 Å². The molecule has 1 saturated heterocycles. The number of carboxylic acids is 1. The van der Waals surface area contributed by atoms with Gasteiger partial charge in [0, 0.05) is 0 Å². The van der Waals surface area contributed by atoms with Crippen LogP contribution in [0.5, 0.6) is 0 Å². The van der Waals surface area contributed by atoms with Crippen LogP contribution in [0.15, 0.2) is 0 Å². The van der Waals surface area contributed by atoms with Gasteiger partial charge in [0.25, 0.3) is 0 Å². The van der Waals surface area contributed by atoms with Crippen molar-refractivity contribution in [3.8, 4) is 0 Å². The lowest BCUT2D eigenvalue weighted by atomic mass is 10.0. The molecule has 1 rings (SSSR count). The average molecular weight is 200 g/mol. The number of amides is 1. The molecule has 1 aliphatic heterocycles. The Labute approximate surface area is 82.9 Å². The summed E-state index contributed by atoms with van der Waals surface area (Å²) < 4.78 is 0. The Morgan fingerprint density at radius 2 is 2.21 bits per heavy atom. The van der Waals surface area contributed by atoms with Crippen LogP contribution in [0.25, 0.3) is 0 Å². The fourth-order valence-corrected chi connectivity index (χ4v) is 1.55. The highest BCUT2D eigenvalue weighted by Crippen LogP contribution is 2.14. The zero-order valence-corrected chi connectivity index (χ0v) is 8.41. The molecule has 3 unspecified atom stereocenters. The summed E-state index contributed by atoms with van der Waals surface area (Å²) in [4.78, 5) is 22.0. The monoisotopic (exact) mass is 200 g/mol. The number of hydrogen-bond donors (Lipinski definition) is 3. The maximum Gasteiger partial charge on any atom is 0.325 e. The summed E-state index contributed by atoms with van der Waals surface area (Å²) in [7, 11) is 0. The van der Waals surface area contributed by atoms with E-state index in [1.54, 1.807) is 0 Å². The molecule has 1 aliphatic rings. The number of rotatable bonds is 3. The molecule has 0 aromatic rings. The van der Waals surface area contributed by atoms with E-state index < -0.39 is 12.0 Å². The Morgan fingerprint density at radius 1 is 1.57 bits per heavy atom. The molecule has 14 heavy (non-hydrogen) atoms. The molecule has 5 heteroatoms. The fraction of sp³-hybridized carbons (Fsp3) is 0.778. The zero-order chi connectivity index (χ0) is 10.7.